The van der Waals surface area contributed by atoms with Gasteiger partial charge in [-0.2, -0.15) is 0 Å². The molecule has 4 unspecified atom stereocenters. The van der Waals surface area contributed by atoms with Gasteiger partial charge < -0.3 is 0 Å². The molecule has 0 nitrogen and oxygen atoms in total. The van der Waals surface area contributed by atoms with Gasteiger partial charge in [0.25, 0.3) is 0 Å². The summed E-state index contributed by atoms with van der Waals surface area (Å²) < 4.78 is 0. The molecule has 0 heteroatoms. The Morgan fingerprint density at radius 3 is 1.65 bits per heavy atom. The summed E-state index contributed by atoms with van der Waals surface area (Å²) in [5, 5.41) is 0. The third-order valence-corrected chi connectivity index (χ3v) is 5.52. The lowest BCUT2D eigenvalue weighted by Crippen LogP contribution is -2.16. The molecule has 0 N–H and O–H groups in total. The van der Waals surface area contributed by atoms with Crippen molar-refractivity contribution in [3.8, 4) is 0 Å². The van der Waals surface area contributed by atoms with Crippen LogP contribution in [0.1, 0.15) is 40.5 Å². The fraction of sp³-hybridized carbons (Fsp3) is 0.217. The van der Waals surface area contributed by atoms with Crippen LogP contribution in [0.2, 0.25) is 0 Å². The second-order valence-electron chi connectivity index (χ2n) is 6.75. The van der Waals surface area contributed by atoms with E-state index >= 15 is 0 Å². The van der Waals surface area contributed by atoms with Crippen LogP contribution < -0.4 is 0 Å². The number of allylic oxidation sites excluding steroid dienone is 2. The summed E-state index contributed by atoms with van der Waals surface area (Å²) in [4.78, 5) is 0. The van der Waals surface area contributed by atoms with E-state index in [1.807, 2.05) is 12.2 Å². The summed E-state index contributed by atoms with van der Waals surface area (Å²) >= 11 is 0. The molecule has 0 aliphatic heterocycles. The van der Waals surface area contributed by atoms with Crippen LogP contribution in [0.25, 0.3) is 12.2 Å². The van der Waals surface area contributed by atoms with E-state index in [1.165, 1.54) is 28.7 Å². The average molecular weight is 298 g/mol. The smallest absolute Gasteiger partial charge is 0.00241 e. The van der Waals surface area contributed by atoms with Gasteiger partial charge in [0.1, 0.15) is 0 Å². The van der Waals surface area contributed by atoms with E-state index in [1.54, 1.807) is 0 Å². The summed E-state index contributed by atoms with van der Waals surface area (Å²) in [5.41, 5.74) is 5.34. The van der Waals surface area contributed by atoms with Crippen molar-refractivity contribution in [3.63, 3.8) is 0 Å². The lowest BCUT2D eigenvalue weighted by Gasteiger charge is -2.29. The Bertz CT molecular complexity index is 715. The summed E-state index contributed by atoms with van der Waals surface area (Å²) in [6, 6.07) is 17.8. The molecule has 0 amide bonds. The maximum atomic E-state index is 3.92. The van der Waals surface area contributed by atoms with E-state index in [0.717, 1.165) is 0 Å². The van der Waals surface area contributed by atoms with Crippen molar-refractivity contribution in [2.75, 3.05) is 0 Å². The van der Waals surface area contributed by atoms with Crippen LogP contribution in [0.5, 0.6) is 0 Å². The van der Waals surface area contributed by atoms with Crippen molar-refractivity contribution >= 4 is 12.2 Å². The van der Waals surface area contributed by atoms with Crippen LogP contribution in [0.3, 0.4) is 0 Å². The molecule has 2 aliphatic carbocycles. The molecule has 23 heavy (non-hydrogen) atoms. The first kappa shape index (κ1) is 14.3. The number of hydrogen-bond donors (Lipinski definition) is 0. The zero-order valence-corrected chi connectivity index (χ0v) is 13.4. The first-order valence-corrected chi connectivity index (χ1v) is 8.43. The molecule has 0 heterocycles. The Balaban J connectivity index is 1.78. The maximum absolute atomic E-state index is 3.92. The largest absolute Gasteiger partial charge is 0.0985 e. The van der Waals surface area contributed by atoms with Crippen LogP contribution in [0.4, 0.5) is 0 Å². The van der Waals surface area contributed by atoms with Crippen molar-refractivity contribution < 1.29 is 0 Å². The minimum atomic E-state index is 0.574. The zero-order chi connectivity index (χ0) is 15.8. The molecular formula is C23H22. The van der Waals surface area contributed by atoms with Crippen molar-refractivity contribution in [2.45, 2.75) is 18.3 Å². The Kier molecular flexibility index (Phi) is 3.53. The highest BCUT2D eigenvalue weighted by Crippen LogP contribution is 2.57. The molecule has 0 aromatic heterocycles. The molecule has 2 bridgehead atoms. The monoisotopic (exact) mass is 298 g/mol. The highest BCUT2D eigenvalue weighted by Gasteiger charge is 2.45. The lowest BCUT2D eigenvalue weighted by atomic mass is 9.74. The second kappa shape index (κ2) is 5.70. The van der Waals surface area contributed by atoms with Crippen molar-refractivity contribution in [1.82, 2.24) is 0 Å². The maximum Gasteiger partial charge on any atom is -0.00241 e. The summed E-state index contributed by atoms with van der Waals surface area (Å²) in [5.74, 6) is 2.48. The lowest BCUT2D eigenvalue weighted by molar-refractivity contribution is 0.509. The van der Waals surface area contributed by atoms with Gasteiger partial charge >= 0.3 is 0 Å². The van der Waals surface area contributed by atoms with E-state index in [4.69, 9.17) is 0 Å². The van der Waals surface area contributed by atoms with Gasteiger partial charge in [-0.1, -0.05) is 86.0 Å². The van der Waals surface area contributed by atoms with E-state index < -0.39 is 0 Å². The Labute approximate surface area is 138 Å². The molecule has 2 aliphatic rings. The van der Waals surface area contributed by atoms with Crippen molar-refractivity contribution in [2.24, 2.45) is 11.8 Å². The summed E-state index contributed by atoms with van der Waals surface area (Å²) in [7, 11) is 0. The van der Waals surface area contributed by atoms with Crippen LogP contribution >= 0.6 is 0 Å². The molecular weight excluding hydrogens is 276 g/mol. The molecule has 0 spiro atoms. The molecule has 1 saturated carbocycles. The third kappa shape index (κ3) is 2.39. The van der Waals surface area contributed by atoms with Crippen LogP contribution in [-0.4, -0.2) is 0 Å². The number of hydrogen-bond acceptors (Lipinski definition) is 0. The SMILES string of the molecule is C=Cc1cccc(C2C3C=CC(C3)C2c2cccc(C=C)c2)c1. The van der Waals surface area contributed by atoms with E-state index in [2.05, 4.69) is 73.8 Å². The number of benzene rings is 2. The highest BCUT2D eigenvalue weighted by atomic mass is 14.5. The molecule has 2 aromatic rings. The van der Waals surface area contributed by atoms with E-state index in [-0.39, 0.29) is 0 Å². The van der Waals surface area contributed by atoms with Gasteiger partial charge in [-0.05, 0) is 52.3 Å². The van der Waals surface area contributed by atoms with Gasteiger partial charge in [-0.25, -0.2) is 0 Å². The topological polar surface area (TPSA) is 0 Å². The van der Waals surface area contributed by atoms with Gasteiger partial charge in [0.05, 0.1) is 0 Å². The van der Waals surface area contributed by atoms with Crippen LogP contribution in [0.15, 0.2) is 73.8 Å². The molecule has 114 valence electrons. The average Bonchev–Trinajstić information content (AvgIpc) is 3.23. The standard InChI is InChI=1S/C23H22/c1-3-16-7-5-9-18(13-16)22-20-11-12-21(15-20)23(22)19-10-6-8-17(4-2)14-19/h3-14,20-23H,1-2,15H2. The minimum absolute atomic E-state index is 0.574. The molecule has 4 atom stereocenters. The number of fused-ring (bicyclic) bond motifs is 2. The van der Waals surface area contributed by atoms with Gasteiger partial charge in [-0.3, -0.25) is 0 Å². The first-order valence-electron chi connectivity index (χ1n) is 8.43. The predicted molar refractivity (Wildman–Crippen MR) is 99.3 cm³/mol. The first-order chi connectivity index (χ1) is 11.3. The molecule has 0 radical (unpaired) electrons. The van der Waals surface area contributed by atoms with Crippen molar-refractivity contribution in [1.29, 1.82) is 0 Å². The van der Waals surface area contributed by atoms with Crippen molar-refractivity contribution in [3.05, 3.63) is 96.1 Å². The quantitative estimate of drug-likeness (QED) is 0.603. The van der Waals surface area contributed by atoms with E-state index in [0.29, 0.717) is 23.7 Å². The Morgan fingerprint density at radius 1 is 0.739 bits per heavy atom. The normalized spacial score (nSPS) is 28.0. The molecule has 1 fully saturated rings. The fourth-order valence-electron chi connectivity index (χ4n) is 4.52. The second-order valence-corrected chi connectivity index (χ2v) is 6.75. The van der Waals surface area contributed by atoms with Gasteiger partial charge in [0.2, 0.25) is 0 Å². The van der Waals surface area contributed by atoms with Gasteiger partial charge in [0.15, 0.2) is 0 Å². The molecule has 2 aromatic carbocycles. The highest BCUT2D eigenvalue weighted by molar-refractivity contribution is 5.52. The van der Waals surface area contributed by atoms with E-state index in [9.17, 15) is 0 Å². The summed E-state index contributed by atoms with van der Waals surface area (Å²) in [6.07, 6.45) is 10.0. The summed E-state index contributed by atoms with van der Waals surface area (Å²) in [6.45, 7) is 7.84. The predicted octanol–water partition coefficient (Wildman–Crippen LogP) is 6.05. The van der Waals surface area contributed by atoms with Gasteiger partial charge in [0, 0.05) is 0 Å². The minimum Gasteiger partial charge on any atom is -0.0985 e. The van der Waals surface area contributed by atoms with Crippen LogP contribution in [-0.2, 0) is 0 Å². The fourth-order valence-corrected chi connectivity index (χ4v) is 4.52. The third-order valence-electron chi connectivity index (χ3n) is 5.52. The zero-order valence-electron chi connectivity index (χ0n) is 13.4. The van der Waals surface area contributed by atoms with Crippen LogP contribution in [0, 0.1) is 11.8 Å². The Morgan fingerprint density at radius 2 is 1.22 bits per heavy atom. The molecule has 4 rings (SSSR count). The van der Waals surface area contributed by atoms with Gasteiger partial charge in [-0.15, -0.1) is 0 Å². The molecule has 0 saturated heterocycles. The Hall–Kier alpha value is -2.34. The number of rotatable bonds is 4.